The maximum atomic E-state index is 6.72. The second-order valence-corrected chi connectivity index (χ2v) is 6.95. The molecule has 2 heteroatoms. The second-order valence-electron chi connectivity index (χ2n) is 6.95. The molecule has 2 nitrogen and oxygen atoms in total. The van der Waals surface area contributed by atoms with Gasteiger partial charge in [0, 0.05) is 5.54 Å². The van der Waals surface area contributed by atoms with Crippen molar-refractivity contribution in [1.82, 2.24) is 0 Å². The van der Waals surface area contributed by atoms with Gasteiger partial charge < -0.3 is 10.5 Å². The summed E-state index contributed by atoms with van der Waals surface area (Å²) in [5.74, 6) is 2.41. The zero-order valence-electron chi connectivity index (χ0n) is 13.4. The van der Waals surface area contributed by atoms with Crippen molar-refractivity contribution in [2.75, 3.05) is 0 Å². The van der Waals surface area contributed by atoms with Crippen LogP contribution in [0.3, 0.4) is 0 Å². The van der Waals surface area contributed by atoms with Gasteiger partial charge in [0.05, 0.1) is 6.10 Å². The Hall–Kier alpha value is -1.02. The first-order valence-electron chi connectivity index (χ1n) is 7.97. The molecule has 1 aliphatic rings. The maximum absolute atomic E-state index is 6.72. The summed E-state index contributed by atoms with van der Waals surface area (Å²) >= 11 is 0. The van der Waals surface area contributed by atoms with Gasteiger partial charge in [0.1, 0.15) is 5.75 Å². The highest BCUT2D eigenvalue weighted by Crippen LogP contribution is 2.41. The van der Waals surface area contributed by atoms with Gasteiger partial charge in [0.2, 0.25) is 0 Å². The number of rotatable bonds is 4. The van der Waals surface area contributed by atoms with Crippen molar-refractivity contribution in [1.29, 1.82) is 0 Å². The summed E-state index contributed by atoms with van der Waals surface area (Å²) < 4.78 is 5.71. The van der Waals surface area contributed by atoms with Crippen LogP contribution in [-0.4, -0.2) is 6.10 Å². The van der Waals surface area contributed by atoms with Gasteiger partial charge in [-0.15, -0.1) is 0 Å². The van der Waals surface area contributed by atoms with Gasteiger partial charge >= 0.3 is 0 Å². The number of hydrogen-bond acceptors (Lipinski definition) is 2. The highest BCUT2D eigenvalue weighted by atomic mass is 16.5. The van der Waals surface area contributed by atoms with E-state index in [4.69, 9.17) is 10.5 Å². The van der Waals surface area contributed by atoms with Crippen molar-refractivity contribution in [3.63, 3.8) is 0 Å². The molecule has 2 N–H and O–H groups in total. The van der Waals surface area contributed by atoms with Gasteiger partial charge in [-0.3, -0.25) is 0 Å². The van der Waals surface area contributed by atoms with Crippen molar-refractivity contribution in [2.45, 2.75) is 65.0 Å². The molecular weight excluding hydrogens is 246 g/mol. The minimum absolute atomic E-state index is 0.149. The minimum Gasteiger partial charge on any atom is -0.491 e. The monoisotopic (exact) mass is 275 g/mol. The molecule has 0 radical (unpaired) electrons. The molecule has 0 amide bonds. The Morgan fingerprint density at radius 1 is 1.15 bits per heavy atom. The van der Waals surface area contributed by atoms with E-state index in [0.717, 1.165) is 30.4 Å². The molecule has 1 aromatic rings. The number of nitrogens with two attached hydrogens (primary N) is 1. The lowest BCUT2D eigenvalue weighted by Crippen LogP contribution is -2.42. The SMILES string of the molecule is CC(C)Oc1ccc(C2(N)CCCC(C(C)C)C2)cc1. The topological polar surface area (TPSA) is 35.2 Å². The third-order valence-electron chi connectivity index (χ3n) is 4.57. The third kappa shape index (κ3) is 3.54. The van der Waals surface area contributed by atoms with Gasteiger partial charge in [0.15, 0.2) is 0 Å². The molecule has 1 aromatic carbocycles. The highest BCUT2D eigenvalue weighted by molar-refractivity contribution is 5.32. The standard InChI is InChI=1S/C18H29NO/c1-13(2)15-6-5-11-18(19,12-15)16-7-9-17(10-8-16)20-14(3)4/h7-10,13-15H,5-6,11-12,19H2,1-4H3. The Morgan fingerprint density at radius 2 is 1.80 bits per heavy atom. The summed E-state index contributed by atoms with van der Waals surface area (Å²) in [6, 6.07) is 8.42. The average Bonchev–Trinajstić information content (AvgIpc) is 2.38. The fraction of sp³-hybridized carbons (Fsp3) is 0.667. The lowest BCUT2D eigenvalue weighted by atomic mass is 9.69. The Kier molecular flexibility index (Phi) is 4.74. The summed E-state index contributed by atoms with van der Waals surface area (Å²) in [6.07, 6.45) is 4.98. The predicted molar refractivity (Wildman–Crippen MR) is 84.9 cm³/mol. The summed E-state index contributed by atoms with van der Waals surface area (Å²) in [5, 5.41) is 0. The molecule has 0 saturated heterocycles. The second kappa shape index (κ2) is 6.17. The first-order valence-corrected chi connectivity index (χ1v) is 7.97. The molecule has 0 heterocycles. The zero-order valence-corrected chi connectivity index (χ0v) is 13.4. The van der Waals surface area contributed by atoms with Crippen LogP contribution in [0.4, 0.5) is 0 Å². The van der Waals surface area contributed by atoms with E-state index in [2.05, 4.69) is 38.1 Å². The zero-order chi connectivity index (χ0) is 14.8. The molecule has 1 aliphatic carbocycles. The quantitative estimate of drug-likeness (QED) is 0.879. The fourth-order valence-corrected chi connectivity index (χ4v) is 3.32. The van der Waals surface area contributed by atoms with Gasteiger partial charge in [-0.05, 0) is 56.2 Å². The van der Waals surface area contributed by atoms with E-state index in [1.54, 1.807) is 0 Å². The summed E-state index contributed by atoms with van der Waals surface area (Å²) in [7, 11) is 0. The Bertz CT molecular complexity index is 424. The minimum atomic E-state index is -0.149. The normalized spacial score (nSPS) is 27.1. The highest BCUT2D eigenvalue weighted by Gasteiger charge is 2.35. The van der Waals surface area contributed by atoms with Crippen LogP contribution < -0.4 is 10.5 Å². The van der Waals surface area contributed by atoms with Crippen LogP contribution in [0.2, 0.25) is 0 Å². The van der Waals surface area contributed by atoms with Crippen molar-refractivity contribution < 1.29 is 4.74 Å². The van der Waals surface area contributed by atoms with Crippen molar-refractivity contribution in [2.24, 2.45) is 17.6 Å². The summed E-state index contributed by atoms with van der Waals surface area (Å²) in [5.41, 5.74) is 7.83. The van der Waals surface area contributed by atoms with E-state index in [1.807, 2.05) is 13.8 Å². The van der Waals surface area contributed by atoms with Gasteiger partial charge in [-0.2, -0.15) is 0 Å². The first-order chi connectivity index (χ1) is 9.40. The smallest absolute Gasteiger partial charge is 0.119 e. The summed E-state index contributed by atoms with van der Waals surface area (Å²) in [6.45, 7) is 8.73. The molecule has 112 valence electrons. The number of ether oxygens (including phenoxy) is 1. The van der Waals surface area contributed by atoms with Crippen LogP contribution in [0.25, 0.3) is 0 Å². The van der Waals surface area contributed by atoms with Crippen molar-refractivity contribution >= 4 is 0 Å². The number of hydrogen-bond donors (Lipinski definition) is 1. The van der Waals surface area contributed by atoms with Crippen LogP contribution in [0, 0.1) is 11.8 Å². The third-order valence-corrected chi connectivity index (χ3v) is 4.57. The molecule has 2 atom stereocenters. The molecule has 0 bridgehead atoms. The molecule has 1 saturated carbocycles. The molecular formula is C18H29NO. The van der Waals surface area contributed by atoms with E-state index in [1.165, 1.54) is 18.4 Å². The fourth-order valence-electron chi connectivity index (χ4n) is 3.32. The van der Waals surface area contributed by atoms with Crippen molar-refractivity contribution in [3.05, 3.63) is 29.8 Å². The number of benzene rings is 1. The predicted octanol–water partition coefficient (Wildman–Crippen LogP) is 4.47. The molecule has 1 fully saturated rings. The average molecular weight is 275 g/mol. The van der Waals surface area contributed by atoms with E-state index in [0.29, 0.717) is 0 Å². The van der Waals surface area contributed by atoms with E-state index in [9.17, 15) is 0 Å². The first kappa shape index (κ1) is 15.4. The van der Waals surface area contributed by atoms with Crippen LogP contribution in [-0.2, 0) is 5.54 Å². The maximum Gasteiger partial charge on any atom is 0.119 e. The lowest BCUT2D eigenvalue weighted by Gasteiger charge is -2.40. The van der Waals surface area contributed by atoms with E-state index >= 15 is 0 Å². The van der Waals surface area contributed by atoms with Gasteiger partial charge in [-0.1, -0.05) is 38.8 Å². The van der Waals surface area contributed by atoms with Gasteiger partial charge in [0.25, 0.3) is 0 Å². The van der Waals surface area contributed by atoms with E-state index in [-0.39, 0.29) is 11.6 Å². The largest absolute Gasteiger partial charge is 0.491 e. The summed E-state index contributed by atoms with van der Waals surface area (Å²) in [4.78, 5) is 0. The lowest BCUT2D eigenvalue weighted by molar-refractivity contribution is 0.183. The van der Waals surface area contributed by atoms with Crippen LogP contribution in [0.15, 0.2) is 24.3 Å². The van der Waals surface area contributed by atoms with E-state index < -0.39 is 0 Å². The molecule has 0 aromatic heterocycles. The molecule has 0 spiro atoms. The van der Waals surface area contributed by atoms with Crippen LogP contribution in [0.1, 0.15) is 58.9 Å². The molecule has 0 aliphatic heterocycles. The Balaban J connectivity index is 2.13. The van der Waals surface area contributed by atoms with Crippen molar-refractivity contribution in [3.8, 4) is 5.75 Å². The van der Waals surface area contributed by atoms with Gasteiger partial charge in [-0.25, -0.2) is 0 Å². The Morgan fingerprint density at radius 3 is 2.35 bits per heavy atom. The van der Waals surface area contributed by atoms with Crippen LogP contribution in [0.5, 0.6) is 5.75 Å². The molecule has 2 rings (SSSR count). The Labute approximate surface area is 123 Å². The molecule has 20 heavy (non-hydrogen) atoms. The van der Waals surface area contributed by atoms with Crippen LogP contribution >= 0.6 is 0 Å². The molecule has 2 unspecified atom stereocenters.